The van der Waals surface area contributed by atoms with Gasteiger partial charge in [0.25, 0.3) is 0 Å². The summed E-state index contributed by atoms with van der Waals surface area (Å²) in [5.74, 6) is -0.789. The molecule has 2 atom stereocenters. The number of nitrogens with one attached hydrogen (secondary N) is 1. The molecule has 1 aliphatic rings. The molecule has 1 fully saturated rings. The van der Waals surface area contributed by atoms with Gasteiger partial charge in [-0.2, -0.15) is 0 Å². The van der Waals surface area contributed by atoms with Gasteiger partial charge < -0.3 is 20.2 Å². The Morgan fingerprint density at radius 3 is 2.35 bits per heavy atom. The van der Waals surface area contributed by atoms with Gasteiger partial charge in [0.1, 0.15) is 0 Å². The number of rotatable bonds is 5. The Bertz CT molecular complexity index is 371. The van der Waals surface area contributed by atoms with Gasteiger partial charge in [-0.3, -0.25) is 4.79 Å². The Kier molecular flexibility index (Phi) is 5.39. The predicted octanol–water partition coefficient (Wildman–Crippen LogP) is 1.08. The molecule has 1 aliphatic heterocycles. The van der Waals surface area contributed by atoms with Crippen molar-refractivity contribution >= 4 is 12.0 Å². The molecule has 2 amide bonds. The second kappa shape index (κ2) is 6.43. The number of nitrogens with zero attached hydrogens (tertiary/aromatic N) is 2. The zero-order valence-corrected chi connectivity index (χ0v) is 13.1. The Labute approximate surface area is 121 Å². The minimum absolute atomic E-state index is 0.0125. The van der Waals surface area contributed by atoms with Crippen LogP contribution in [0.3, 0.4) is 0 Å². The van der Waals surface area contributed by atoms with E-state index in [1.807, 2.05) is 39.8 Å². The molecule has 20 heavy (non-hydrogen) atoms. The van der Waals surface area contributed by atoms with E-state index in [2.05, 4.69) is 5.32 Å². The van der Waals surface area contributed by atoms with Crippen molar-refractivity contribution in [2.24, 2.45) is 11.3 Å². The highest BCUT2D eigenvalue weighted by molar-refractivity contribution is 5.80. The SMILES string of the molecule is CC(CNC(=O)N1CCC(C(=O)O)(C(C)C)C1)N(C)C. The monoisotopic (exact) mass is 285 g/mol. The lowest BCUT2D eigenvalue weighted by Crippen LogP contribution is -2.46. The molecule has 116 valence electrons. The normalized spacial score (nSPS) is 24.2. The summed E-state index contributed by atoms with van der Waals surface area (Å²) in [7, 11) is 3.92. The van der Waals surface area contributed by atoms with E-state index in [-0.39, 0.29) is 18.0 Å². The van der Waals surface area contributed by atoms with E-state index in [1.165, 1.54) is 0 Å². The molecule has 1 rings (SSSR count). The summed E-state index contributed by atoms with van der Waals surface area (Å²) in [6.45, 7) is 7.20. The number of hydrogen-bond acceptors (Lipinski definition) is 3. The van der Waals surface area contributed by atoms with Gasteiger partial charge in [-0.1, -0.05) is 13.8 Å². The lowest BCUT2D eigenvalue weighted by Gasteiger charge is -2.29. The smallest absolute Gasteiger partial charge is 0.317 e. The average Bonchev–Trinajstić information content (AvgIpc) is 2.81. The fourth-order valence-electron chi connectivity index (χ4n) is 2.43. The van der Waals surface area contributed by atoms with Gasteiger partial charge in [0.15, 0.2) is 0 Å². The topological polar surface area (TPSA) is 72.9 Å². The van der Waals surface area contributed by atoms with Gasteiger partial charge in [0.2, 0.25) is 0 Å². The van der Waals surface area contributed by atoms with Crippen LogP contribution in [-0.2, 0) is 4.79 Å². The summed E-state index contributed by atoms with van der Waals surface area (Å²) >= 11 is 0. The molecule has 0 radical (unpaired) electrons. The first kappa shape index (κ1) is 16.8. The van der Waals surface area contributed by atoms with Crippen molar-refractivity contribution < 1.29 is 14.7 Å². The van der Waals surface area contributed by atoms with Crippen LogP contribution in [-0.4, -0.2) is 66.7 Å². The highest BCUT2D eigenvalue weighted by Crippen LogP contribution is 2.38. The molecule has 0 aromatic heterocycles. The molecular weight excluding hydrogens is 258 g/mol. The van der Waals surface area contributed by atoms with Crippen molar-refractivity contribution in [2.45, 2.75) is 33.2 Å². The number of hydrogen-bond donors (Lipinski definition) is 2. The first-order chi connectivity index (χ1) is 9.20. The molecule has 1 saturated heterocycles. The van der Waals surface area contributed by atoms with Crippen molar-refractivity contribution in [3.8, 4) is 0 Å². The zero-order valence-electron chi connectivity index (χ0n) is 13.1. The molecule has 0 saturated carbocycles. The van der Waals surface area contributed by atoms with Gasteiger partial charge in [0, 0.05) is 25.7 Å². The van der Waals surface area contributed by atoms with E-state index in [4.69, 9.17) is 0 Å². The van der Waals surface area contributed by atoms with Crippen molar-refractivity contribution in [1.29, 1.82) is 0 Å². The molecular formula is C14H27N3O3. The van der Waals surface area contributed by atoms with Gasteiger partial charge in [-0.25, -0.2) is 4.79 Å². The third-order valence-electron chi connectivity index (χ3n) is 4.55. The average molecular weight is 285 g/mol. The maximum atomic E-state index is 12.1. The summed E-state index contributed by atoms with van der Waals surface area (Å²) in [4.78, 5) is 27.3. The van der Waals surface area contributed by atoms with Gasteiger partial charge in [-0.05, 0) is 33.4 Å². The predicted molar refractivity (Wildman–Crippen MR) is 77.6 cm³/mol. The summed E-state index contributed by atoms with van der Waals surface area (Å²) < 4.78 is 0. The largest absolute Gasteiger partial charge is 0.481 e. The highest BCUT2D eigenvalue weighted by Gasteiger charge is 2.48. The Morgan fingerprint density at radius 1 is 1.35 bits per heavy atom. The Balaban J connectivity index is 2.59. The standard InChI is InChI=1S/C14H27N3O3/c1-10(2)14(12(18)19)6-7-17(9-14)13(20)15-8-11(3)16(4)5/h10-11H,6-9H2,1-5H3,(H,15,20)(H,18,19). The third kappa shape index (κ3) is 3.42. The highest BCUT2D eigenvalue weighted by atomic mass is 16.4. The maximum Gasteiger partial charge on any atom is 0.317 e. The number of aliphatic carboxylic acids is 1. The maximum absolute atomic E-state index is 12.1. The van der Waals surface area contributed by atoms with E-state index in [1.54, 1.807) is 4.90 Å². The van der Waals surface area contributed by atoms with Gasteiger partial charge in [-0.15, -0.1) is 0 Å². The van der Waals surface area contributed by atoms with E-state index in [9.17, 15) is 14.7 Å². The summed E-state index contributed by atoms with van der Waals surface area (Å²) in [6, 6.07) is 0.0818. The minimum atomic E-state index is -0.801. The van der Waals surface area contributed by atoms with E-state index >= 15 is 0 Å². The van der Waals surface area contributed by atoms with Crippen LogP contribution in [0, 0.1) is 11.3 Å². The minimum Gasteiger partial charge on any atom is -0.481 e. The fraction of sp³-hybridized carbons (Fsp3) is 0.857. The molecule has 1 heterocycles. The van der Waals surface area contributed by atoms with Crippen LogP contribution in [0.5, 0.6) is 0 Å². The second-order valence-electron chi connectivity index (χ2n) is 6.29. The summed E-state index contributed by atoms with van der Waals surface area (Å²) in [5, 5.41) is 12.3. The number of carboxylic acids is 1. The molecule has 0 spiro atoms. The van der Waals surface area contributed by atoms with Gasteiger partial charge in [0.05, 0.1) is 5.41 Å². The van der Waals surface area contributed by atoms with Crippen LogP contribution in [0.4, 0.5) is 4.79 Å². The van der Waals surface area contributed by atoms with Crippen molar-refractivity contribution in [1.82, 2.24) is 15.1 Å². The molecule has 2 unspecified atom stereocenters. The lowest BCUT2D eigenvalue weighted by molar-refractivity contribution is -0.150. The van der Waals surface area contributed by atoms with Crippen LogP contribution in [0.1, 0.15) is 27.2 Å². The van der Waals surface area contributed by atoms with Crippen LogP contribution in [0.15, 0.2) is 0 Å². The number of carbonyl (C=O) groups excluding carboxylic acids is 1. The summed E-state index contributed by atoms with van der Waals surface area (Å²) in [6.07, 6.45) is 0.524. The molecule has 0 aromatic rings. The number of carboxylic acid groups (broad SMARTS) is 1. The molecule has 2 N–H and O–H groups in total. The lowest BCUT2D eigenvalue weighted by atomic mass is 9.76. The van der Waals surface area contributed by atoms with Gasteiger partial charge >= 0.3 is 12.0 Å². The molecule has 0 bridgehead atoms. The molecule has 0 aliphatic carbocycles. The van der Waals surface area contributed by atoms with Crippen LogP contribution < -0.4 is 5.32 Å². The van der Waals surface area contributed by atoms with Crippen LogP contribution in [0.2, 0.25) is 0 Å². The number of urea groups is 1. The van der Waals surface area contributed by atoms with Crippen LogP contribution in [0.25, 0.3) is 0 Å². The van der Waals surface area contributed by atoms with E-state index < -0.39 is 11.4 Å². The van der Waals surface area contributed by atoms with Crippen molar-refractivity contribution in [3.63, 3.8) is 0 Å². The molecule has 6 heteroatoms. The van der Waals surface area contributed by atoms with Crippen molar-refractivity contribution in [3.05, 3.63) is 0 Å². The first-order valence-corrected chi connectivity index (χ1v) is 7.13. The number of amides is 2. The molecule has 0 aromatic carbocycles. The zero-order chi connectivity index (χ0) is 15.5. The van der Waals surface area contributed by atoms with Crippen LogP contribution >= 0.6 is 0 Å². The quantitative estimate of drug-likeness (QED) is 0.793. The number of likely N-dealkylation sites (N-methyl/N-ethyl adjacent to an activating group) is 1. The number of likely N-dealkylation sites (tertiary alicyclic amines) is 1. The third-order valence-corrected chi connectivity index (χ3v) is 4.55. The second-order valence-corrected chi connectivity index (χ2v) is 6.29. The molecule has 6 nitrogen and oxygen atoms in total. The summed E-state index contributed by atoms with van der Waals surface area (Å²) in [5.41, 5.74) is -0.801. The Hall–Kier alpha value is -1.30. The number of carbonyl (C=O) groups is 2. The van der Waals surface area contributed by atoms with Crippen molar-refractivity contribution in [2.75, 3.05) is 33.7 Å². The fourth-order valence-corrected chi connectivity index (χ4v) is 2.43. The Morgan fingerprint density at radius 2 is 1.95 bits per heavy atom. The van der Waals surface area contributed by atoms with E-state index in [0.717, 1.165) is 0 Å². The first-order valence-electron chi connectivity index (χ1n) is 7.13. The van der Waals surface area contributed by atoms with E-state index in [0.29, 0.717) is 26.1 Å².